The summed E-state index contributed by atoms with van der Waals surface area (Å²) in [4.78, 5) is 4.14. The monoisotopic (exact) mass is 262 g/mol. The number of aryl methyl sites for hydroxylation is 1. The lowest BCUT2D eigenvalue weighted by Crippen LogP contribution is -1.99. The lowest BCUT2D eigenvalue weighted by molar-refractivity contribution is 1.12. The SMILES string of the molecule is CCc1cccc(NCc2ccc3cnccc3c2)c1. The summed E-state index contributed by atoms with van der Waals surface area (Å²) >= 11 is 0. The van der Waals surface area contributed by atoms with E-state index in [0.717, 1.165) is 13.0 Å². The van der Waals surface area contributed by atoms with E-state index in [0.29, 0.717) is 0 Å². The Morgan fingerprint density at radius 2 is 1.90 bits per heavy atom. The van der Waals surface area contributed by atoms with E-state index in [-0.39, 0.29) is 0 Å². The summed E-state index contributed by atoms with van der Waals surface area (Å²) in [5.41, 5.74) is 3.82. The molecule has 0 unspecified atom stereocenters. The van der Waals surface area contributed by atoms with Crippen LogP contribution in [0.25, 0.3) is 10.8 Å². The summed E-state index contributed by atoms with van der Waals surface area (Å²) in [6, 6.07) is 17.1. The van der Waals surface area contributed by atoms with Crippen molar-refractivity contribution in [1.29, 1.82) is 0 Å². The van der Waals surface area contributed by atoms with E-state index in [2.05, 4.69) is 65.8 Å². The molecule has 3 rings (SSSR count). The second-order valence-corrected chi connectivity index (χ2v) is 4.96. The Balaban J connectivity index is 1.76. The molecular formula is C18H18N2. The molecule has 0 saturated carbocycles. The molecule has 3 aromatic rings. The average Bonchev–Trinajstić information content (AvgIpc) is 2.53. The molecule has 2 heteroatoms. The fraction of sp³-hybridized carbons (Fsp3) is 0.167. The number of hydrogen-bond acceptors (Lipinski definition) is 2. The molecule has 0 amide bonds. The van der Waals surface area contributed by atoms with Crippen LogP contribution in [0.4, 0.5) is 5.69 Å². The van der Waals surface area contributed by atoms with Crippen molar-refractivity contribution in [3.05, 3.63) is 72.1 Å². The predicted octanol–water partition coefficient (Wildman–Crippen LogP) is 4.41. The number of pyridine rings is 1. The van der Waals surface area contributed by atoms with E-state index < -0.39 is 0 Å². The van der Waals surface area contributed by atoms with Gasteiger partial charge >= 0.3 is 0 Å². The van der Waals surface area contributed by atoms with Gasteiger partial charge in [0.15, 0.2) is 0 Å². The van der Waals surface area contributed by atoms with E-state index in [4.69, 9.17) is 0 Å². The first kappa shape index (κ1) is 12.7. The van der Waals surface area contributed by atoms with Crippen LogP contribution < -0.4 is 5.32 Å². The van der Waals surface area contributed by atoms with Crippen LogP contribution in [0.15, 0.2) is 60.9 Å². The zero-order valence-electron chi connectivity index (χ0n) is 11.6. The molecular weight excluding hydrogens is 244 g/mol. The maximum atomic E-state index is 4.14. The largest absolute Gasteiger partial charge is 0.381 e. The van der Waals surface area contributed by atoms with Gasteiger partial charge in [-0.2, -0.15) is 0 Å². The highest BCUT2D eigenvalue weighted by atomic mass is 14.9. The third kappa shape index (κ3) is 2.80. The lowest BCUT2D eigenvalue weighted by Gasteiger charge is -2.08. The van der Waals surface area contributed by atoms with Gasteiger partial charge in [0, 0.05) is 30.0 Å². The molecule has 100 valence electrons. The Hall–Kier alpha value is -2.35. The van der Waals surface area contributed by atoms with E-state index in [1.807, 2.05) is 12.4 Å². The highest BCUT2D eigenvalue weighted by Crippen LogP contribution is 2.16. The molecule has 0 fully saturated rings. The molecule has 20 heavy (non-hydrogen) atoms. The highest BCUT2D eigenvalue weighted by molar-refractivity contribution is 5.82. The Morgan fingerprint density at radius 3 is 2.80 bits per heavy atom. The van der Waals surface area contributed by atoms with Gasteiger partial charge in [-0.3, -0.25) is 4.98 Å². The average molecular weight is 262 g/mol. The second kappa shape index (κ2) is 5.74. The highest BCUT2D eigenvalue weighted by Gasteiger charge is 1.98. The standard InChI is InChI=1S/C18H18N2/c1-2-14-4-3-5-18(11-14)20-12-15-6-7-17-13-19-9-8-16(17)10-15/h3-11,13,20H,2,12H2,1H3. The van der Waals surface area contributed by atoms with E-state index in [9.17, 15) is 0 Å². The zero-order chi connectivity index (χ0) is 13.8. The summed E-state index contributed by atoms with van der Waals surface area (Å²) in [7, 11) is 0. The summed E-state index contributed by atoms with van der Waals surface area (Å²) < 4.78 is 0. The van der Waals surface area contributed by atoms with Gasteiger partial charge in [0.2, 0.25) is 0 Å². The molecule has 1 N–H and O–H groups in total. The number of anilines is 1. The smallest absolute Gasteiger partial charge is 0.0401 e. The number of nitrogens with zero attached hydrogens (tertiary/aromatic N) is 1. The molecule has 0 atom stereocenters. The van der Waals surface area contributed by atoms with Crippen molar-refractivity contribution in [3.63, 3.8) is 0 Å². The van der Waals surface area contributed by atoms with Crippen LogP contribution in [0.3, 0.4) is 0 Å². The van der Waals surface area contributed by atoms with Crippen LogP contribution in [-0.2, 0) is 13.0 Å². The van der Waals surface area contributed by atoms with Crippen molar-refractivity contribution in [2.24, 2.45) is 0 Å². The van der Waals surface area contributed by atoms with Gasteiger partial charge in [0.1, 0.15) is 0 Å². The van der Waals surface area contributed by atoms with E-state index in [1.165, 1.54) is 27.6 Å². The molecule has 0 aliphatic rings. The van der Waals surface area contributed by atoms with E-state index >= 15 is 0 Å². The quantitative estimate of drug-likeness (QED) is 0.753. The number of aromatic nitrogens is 1. The van der Waals surface area contributed by atoms with Gasteiger partial charge in [-0.25, -0.2) is 0 Å². The van der Waals surface area contributed by atoms with E-state index in [1.54, 1.807) is 0 Å². The van der Waals surface area contributed by atoms with Crippen LogP contribution >= 0.6 is 0 Å². The minimum absolute atomic E-state index is 0.839. The van der Waals surface area contributed by atoms with Crippen molar-refractivity contribution < 1.29 is 0 Å². The van der Waals surface area contributed by atoms with Gasteiger partial charge < -0.3 is 5.32 Å². The maximum absolute atomic E-state index is 4.14. The molecule has 2 nitrogen and oxygen atoms in total. The van der Waals surface area contributed by atoms with Crippen molar-refractivity contribution in [2.75, 3.05) is 5.32 Å². The first-order valence-corrected chi connectivity index (χ1v) is 7.00. The second-order valence-electron chi connectivity index (χ2n) is 4.96. The van der Waals surface area contributed by atoms with Crippen molar-refractivity contribution >= 4 is 16.5 Å². The predicted molar refractivity (Wildman–Crippen MR) is 84.9 cm³/mol. The fourth-order valence-electron chi connectivity index (χ4n) is 2.35. The van der Waals surface area contributed by atoms with Crippen molar-refractivity contribution in [1.82, 2.24) is 4.98 Å². The Morgan fingerprint density at radius 1 is 0.950 bits per heavy atom. The summed E-state index contributed by atoms with van der Waals surface area (Å²) in [6.07, 6.45) is 4.81. The molecule has 1 heterocycles. The molecule has 0 bridgehead atoms. The summed E-state index contributed by atoms with van der Waals surface area (Å²) in [5, 5.41) is 5.91. The Bertz CT molecular complexity index is 719. The van der Waals surface area contributed by atoms with Gasteiger partial charge in [0.05, 0.1) is 0 Å². The number of nitrogens with one attached hydrogen (secondary N) is 1. The van der Waals surface area contributed by atoms with Crippen molar-refractivity contribution in [2.45, 2.75) is 19.9 Å². The first-order valence-electron chi connectivity index (χ1n) is 7.00. The topological polar surface area (TPSA) is 24.9 Å². The molecule has 0 aliphatic carbocycles. The van der Waals surface area contributed by atoms with Gasteiger partial charge in [-0.05, 0) is 47.2 Å². The van der Waals surface area contributed by atoms with Gasteiger partial charge in [-0.15, -0.1) is 0 Å². The molecule has 1 aromatic heterocycles. The van der Waals surface area contributed by atoms with Gasteiger partial charge in [0.25, 0.3) is 0 Å². The number of benzene rings is 2. The van der Waals surface area contributed by atoms with Crippen LogP contribution in [0.1, 0.15) is 18.1 Å². The third-order valence-corrected chi connectivity index (χ3v) is 3.54. The third-order valence-electron chi connectivity index (χ3n) is 3.54. The molecule has 2 aromatic carbocycles. The van der Waals surface area contributed by atoms with Crippen LogP contribution in [0.5, 0.6) is 0 Å². The Kier molecular flexibility index (Phi) is 3.64. The van der Waals surface area contributed by atoms with Crippen LogP contribution in [-0.4, -0.2) is 4.98 Å². The summed E-state index contributed by atoms with van der Waals surface area (Å²) in [6.45, 7) is 3.02. The minimum atomic E-state index is 0.839. The van der Waals surface area contributed by atoms with Crippen LogP contribution in [0.2, 0.25) is 0 Å². The molecule has 0 aliphatic heterocycles. The normalized spacial score (nSPS) is 10.7. The molecule has 0 saturated heterocycles. The summed E-state index contributed by atoms with van der Waals surface area (Å²) in [5.74, 6) is 0. The molecule has 0 spiro atoms. The number of rotatable bonds is 4. The number of hydrogen-bond donors (Lipinski definition) is 1. The van der Waals surface area contributed by atoms with Crippen LogP contribution in [0, 0.1) is 0 Å². The maximum Gasteiger partial charge on any atom is 0.0401 e. The molecule has 0 radical (unpaired) electrons. The van der Waals surface area contributed by atoms with Crippen molar-refractivity contribution in [3.8, 4) is 0 Å². The Labute approximate surface area is 119 Å². The van der Waals surface area contributed by atoms with Gasteiger partial charge in [-0.1, -0.05) is 31.2 Å². The number of fused-ring (bicyclic) bond motifs is 1. The fourth-order valence-corrected chi connectivity index (χ4v) is 2.35. The first-order chi connectivity index (χ1) is 9.85. The minimum Gasteiger partial charge on any atom is -0.381 e. The zero-order valence-corrected chi connectivity index (χ0v) is 11.6. The lowest BCUT2D eigenvalue weighted by atomic mass is 10.1.